The summed E-state index contributed by atoms with van der Waals surface area (Å²) in [6, 6.07) is 9.63. The highest BCUT2D eigenvalue weighted by molar-refractivity contribution is 7.22. The molecule has 1 aliphatic rings. The van der Waals surface area contributed by atoms with Gasteiger partial charge in [0.1, 0.15) is 17.6 Å². The minimum absolute atomic E-state index is 0.0700. The van der Waals surface area contributed by atoms with E-state index in [2.05, 4.69) is 20.2 Å². The number of hydrogen-bond acceptors (Lipinski definition) is 7. The highest BCUT2D eigenvalue weighted by Gasteiger charge is 2.18. The Kier molecular flexibility index (Phi) is 5.12. The molecule has 0 spiro atoms. The number of aromatic nitrogens is 3. The zero-order valence-corrected chi connectivity index (χ0v) is 15.4. The van der Waals surface area contributed by atoms with Crippen LogP contribution in [0.1, 0.15) is 5.56 Å². The number of rotatable bonds is 5. The molecule has 1 saturated heterocycles. The Morgan fingerprint density at radius 2 is 2.00 bits per heavy atom. The third-order valence-electron chi connectivity index (χ3n) is 4.30. The average molecular weight is 385 g/mol. The van der Waals surface area contributed by atoms with Crippen molar-refractivity contribution in [3.63, 3.8) is 0 Å². The van der Waals surface area contributed by atoms with Gasteiger partial charge >= 0.3 is 0 Å². The lowest BCUT2D eigenvalue weighted by molar-refractivity contribution is -0.121. The van der Waals surface area contributed by atoms with Gasteiger partial charge in [0.15, 0.2) is 10.8 Å². The second kappa shape index (κ2) is 7.85. The molecule has 0 atom stereocenters. The minimum atomic E-state index is -0.244. The van der Waals surface area contributed by atoms with Crippen molar-refractivity contribution in [2.24, 2.45) is 0 Å². The molecule has 0 unspecified atom stereocenters. The lowest BCUT2D eigenvalue weighted by Crippen LogP contribution is -2.36. The van der Waals surface area contributed by atoms with Gasteiger partial charge in [-0.15, -0.1) is 0 Å². The Balaban J connectivity index is 1.48. The smallest absolute Gasteiger partial charge is 0.273 e. The van der Waals surface area contributed by atoms with Gasteiger partial charge in [0, 0.05) is 19.6 Å². The Morgan fingerprint density at radius 1 is 1.22 bits per heavy atom. The van der Waals surface area contributed by atoms with Crippen molar-refractivity contribution < 1.29 is 9.53 Å². The van der Waals surface area contributed by atoms with Gasteiger partial charge in [-0.25, -0.2) is 4.98 Å². The fourth-order valence-electron chi connectivity index (χ4n) is 2.84. The number of anilines is 1. The molecule has 0 saturated carbocycles. The van der Waals surface area contributed by atoms with E-state index in [1.54, 1.807) is 0 Å². The summed E-state index contributed by atoms with van der Waals surface area (Å²) < 4.78 is 7.14. The number of ether oxygens (including phenoxy) is 1. The van der Waals surface area contributed by atoms with Crippen molar-refractivity contribution in [2.45, 2.75) is 13.1 Å². The third kappa shape index (κ3) is 3.99. The van der Waals surface area contributed by atoms with E-state index in [9.17, 15) is 9.59 Å². The first kappa shape index (κ1) is 17.6. The number of morpholine rings is 1. The molecule has 1 N–H and O–H groups in total. The van der Waals surface area contributed by atoms with Crippen LogP contribution in [0.15, 0.2) is 41.5 Å². The predicted octanol–water partition coefficient (Wildman–Crippen LogP) is 1.01. The number of benzene rings is 1. The number of nitrogens with zero attached hydrogens (tertiary/aromatic N) is 4. The maximum Gasteiger partial charge on any atom is 0.273 e. The lowest BCUT2D eigenvalue weighted by atomic mass is 10.2. The van der Waals surface area contributed by atoms with Gasteiger partial charge in [-0.3, -0.25) is 14.2 Å². The molecule has 1 fully saturated rings. The first-order valence-corrected chi connectivity index (χ1v) is 9.51. The summed E-state index contributed by atoms with van der Waals surface area (Å²) in [7, 11) is 0. The molecule has 1 aromatic carbocycles. The van der Waals surface area contributed by atoms with Gasteiger partial charge in [-0.05, 0) is 5.56 Å². The van der Waals surface area contributed by atoms with Crippen LogP contribution in [-0.2, 0) is 22.6 Å². The maximum absolute atomic E-state index is 12.7. The monoisotopic (exact) mass is 385 g/mol. The molecule has 1 amide bonds. The van der Waals surface area contributed by atoms with Crippen LogP contribution < -0.4 is 15.8 Å². The molecule has 9 heteroatoms. The van der Waals surface area contributed by atoms with Crippen LogP contribution in [0.2, 0.25) is 0 Å². The molecule has 3 heterocycles. The number of nitrogens with one attached hydrogen (secondary N) is 1. The Morgan fingerprint density at radius 3 is 2.78 bits per heavy atom. The van der Waals surface area contributed by atoms with E-state index in [1.165, 1.54) is 22.2 Å². The van der Waals surface area contributed by atoms with Crippen molar-refractivity contribution in [1.82, 2.24) is 19.9 Å². The SMILES string of the molecule is O=C(Cn1cnc2nc(N3CCOCC3)sc2c1=O)NCc1ccccc1. The van der Waals surface area contributed by atoms with Gasteiger partial charge in [0.05, 0.1) is 13.2 Å². The van der Waals surface area contributed by atoms with Crippen molar-refractivity contribution in [3.05, 3.63) is 52.6 Å². The molecule has 1 aliphatic heterocycles. The summed E-state index contributed by atoms with van der Waals surface area (Å²) in [5, 5.41) is 3.59. The zero-order chi connectivity index (χ0) is 18.6. The van der Waals surface area contributed by atoms with Crippen molar-refractivity contribution in [1.29, 1.82) is 0 Å². The van der Waals surface area contributed by atoms with Crippen molar-refractivity contribution >= 4 is 32.7 Å². The topological polar surface area (TPSA) is 89.3 Å². The van der Waals surface area contributed by atoms with Gasteiger partial charge in [-0.1, -0.05) is 41.7 Å². The molecule has 4 rings (SSSR count). The van der Waals surface area contributed by atoms with Gasteiger partial charge in [0.25, 0.3) is 5.56 Å². The average Bonchev–Trinajstić information content (AvgIpc) is 3.15. The summed E-state index contributed by atoms with van der Waals surface area (Å²) in [4.78, 5) is 35.7. The van der Waals surface area contributed by atoms with Crippen LogP contribution in [0.4, 0.5) is 5.13 Å². The summed E-state index contributed by atoms with van der Waals surface area (Å²) in [5.74, 6) is -0.236. The third-order valence-corrected chi connectivity index (χ3v) is 5.39. The Bertz CT molecular complexity index is 995. The van der Waals surface area contributed by atoms with Gasteiger partial charge in [0.2, 0.25) is 5.91 Å². The number of amides is 1. The molecule has 140 valence electrons. The molecule has 0 bridgehead atoms. The van der Waals surface area contributed by atoms with Crippen LogP contribution >= 0.6 is 11.3 Å². The van der Waals surface area contributed by atoms with E-state index in [4.69, 9.17) is 4.74 Å². The number of carbonyl (C=O) groups excluding carboxylic acids is 1. The van der Waals surface area contributed by atoms with Crippen molar-refractivity contribution in [2.75, 3.05) is 31.2 Å². The number of fused-ring (bicyclic) bond motifs is 1. The molecule has 0 radical (unpaired) electrons. The van der Waals surface area contributed by atoms with Crippen LogP contribution in [0, 0.1) is 0 Å². The number of hydrogen-bond donors (Lipinski definition) is 1. The minimum Gasteiger partial charge on any atom is -0.378 e. The van der Waals surface area contributed by atoms with E-state index < -0.39 is 0 Å². The van der Waals surface area contributed by atoms with E-state index in [0.29, 0.717) is 30.1 Å². The van der Waals surface area contributed by atoms with E-state index >= 15 is 0 Å². The summed E-state index contributed by atoms with van der Waals surface area (Å²) in [5.41, 5.74) is 1.18. The molecule has 0 aliphatic carbocycles. The normalized spacial score (nSPS) is 14.4. The summed E-state index contributed by atoms with van der Waals surface area (Å²) >= 11 is 1.31. The highest BCUT2D eigenvalue weighted by Crippen LogP contribution is 2.25. The standard InChI is InChI=1S/C18H19N5O3S/c24-14(19-10-13-4-2-1-3-5-13)11-23-12-20-16-15(17(23)25)27-18(21-16)22-6-8-26-9-7-22/h1-5,12H,6-11H2,(H,19,24). The van der Waals surface area contributed by atoms with E-state index in [0.717, 1.165) is 23.8 Å². The molecule has 27 heavy (non-hydrogen) atoms. The van der Waals surface area contributed by atoms with Crippen LogP contribution in [-0.4, -0.2) is 46.7 Å². The lowest BCUT2D eigenvalue weighted by Gasteiger charge is -2.25. The molecule has 8 nitrogen and oxygen atoms in total. The van der Waals surface area contributed by atoms with Crippen molar-refractivity contribution in [3.8, 4) is 0 Å². The Hall–Kier alpha value is -2.78. The summed E-state index contributed by atoms with van der Waals surface area (Å²) in [6.45, 7) is 3.14. The summed E-state index contributed by atoms with van der Waals surface area (Å²) in [6.07, 6.45) is 1.38. The molecule has 3 aromatic rings. The van der Waals surface area contributed by atoms with Gasteiger partial charge in [-0.2, -0.15) is 4.98 Å². The second-order valence-electron chi connectivity index (χ2n) is 6.19. The maximum atomic E-state index is 12.7. The first-order chi connectivity index (χ1) is 13.2. The number of carbonyl (C=O) groups is 1. The first-order valence-electron chi connectivity index (χ1n) is 8.70. The fraction of sp³-hybridized carbons (Fsp3) is 0.333. The van der Waals surface area contributed by atoms with Gasteiger partial charge < -0.3 is 15.0 Å². The fourth-order valence-corrected chi connectivity index (χ4v) is 3.87. The quantitative estimate of drug-likeness (QED) is 0.705. The van der Waals surface area contributed by atoms with Crippen LogP contribution in [0.25, 0.3) is 10.3 Å². The second-order valence-corrected chi connectivity index (χ2v) is 7.17. The largest absolute Gasteiger partial charge is 0.378 e. The van der Waals surface area contributed by atoms with Crippen LogP contribution in [0.3, 0.4) is 0 Å². The zero-order valence-electron chi connectivity index (χ0n) is 14.6. The Labute approximate surface area is 159 Å². The van der Waals surface area contributed by atoms with E-state index in [-0.39, 0.29) is 18.0 Å². The predicted molar refractivity (Wildman–Crippen MR) is 103 cm³/mol. The highest BCUT2D eigenvalue weighted by atomic mass is 32.1. The molecule has 2 aromatic heterocycles. The van der Waals surface area contributed by atoms with E-state index in [1.807, 2.05) is 30.3 Å². The molecular weight excluding hydrogens is 366 g/mol. The van der Waals surface area contributed by atoms with Crippen LogP contribution in [0.5, 0.6) is 0 Å². The number of thiazole rings is 1. The molecular formula is C18H19N5O3S.